The fourth-order valence-electron chi connectivity index (χ4n) is 2.76. The summed E-state index contributed by atoms with van der Waals surface area (Å²) in [6.07, 6.45) is 1.76. The van der Waals surface area contributed by atoms with E-state index < -0.39 is 0 Å². The van der Waals surface area contributed by atoms with Crippen LogP contribution in [0.15, 0.2) is 58.3 Å². The highest BCUT2D eigenvalue weighted by atomic mass is 32.2. The van der Waals surface area contributed by atoms with Crippen LogP contribution in [0.2, 0.25) is 0 Å². The zero-order chi connectivity index (χ0) is 14.8. The normalized spacial score (nSPS) is 13.0. The summed E-state index contributed by atoms with van der Waals surface area (Å²) in [6, 6.07) is 16.3. The van der Waals surface area contributed by atoms with Crippen molar-refractivity contribution in [1.29, 1.82) is 0 Å². The third-order valence-electron chi connectivity index (χ3n) is 3.99. The zero-order valence-electron chi connectivity index (χ0n) is 12.4. The van der Waals surface area contributed by atoms with Crippen molar-refractivity contribution in [2.45, 2.75) is 36.5 Å². The maximum Gasteiger partial charge on any atom is 0.234 e. The second kappa shape index (κ2) is 5.94. The summed E-state index contributed by atoms with van der Waals surface area (Å²) in [4.78, 5) is 17.2. The molecule has 0 aromatic heterocycles. The number of nitrogens with zero attached hydrogens (tertiary/aromatic N) is 1. The van der Waals surface area contributed by atoms with Crippen molar-refractivity contribution in [3.8, 4) is 0 Å². The number of carbonyl (C=O) groups is 1. The lowest BCUT2D eigenvalue weighted by Crippen LogP contribution is -2.33. The molecular formula is C18H19NOS. The molecule has 108 valence electrons. The third-order valence-corrected chi connectivity index (χ3v) is 5.12. The van der Waals surface area contributed by atoms with Crippen molar-refractivity contribution in [2.24, 2.45) is 5.92 Å². The second-order valence-electron chi connectivity index (χ2n) is 5.22. The molecule has 1 heterocycles. The van der Waals surface area contributed by atoms with Crippen molar-refractivity contribution >= 4 is 29.0 Å². The van der Waals surface area contributed by atoms with Gasteiger partial charge in [-0.05, 0) is 37.1 Å². The van der Waals surface area contributed by atoms with Gasteiger partial charge in [-0.15, -0.1) is 0 Å². The maximum absolute atomic E-state index is 13.0. The van der Waals surface area contributed by atoms with E-state index in [9.17, 15) is 4.79 Å². The van der Waals surface area contributed by atoms with E-state index >= 15 is 0 Å². The van der Waals surface area contributed by atoms with Crippen molar-refractivity contribution in [3.63, 3.8) is 0 Å². The second-order valence-corrected chi connectivity index (χ2v) is 6.31. The van der Waals surface area contributed by atoms with Crippen molar-refractivity contribution in [3.05, 3.63) is 48.5 Å². The minimum Gasteiger partial charge on any atom is -0.279 e. The van der Waals surface area contributed by atoms with E-state index in [1.165, 1.54) is 0 Å². The highest BCUT2D eigenvalue weighted by Crippen LogP contribution is 2.48. The average molecular weight is 297 g/mol. The molecular weight excluding hydrogens is 278 g/mol. The maximum atomic E-state index is 13.0. The van der Waals surface area contributed by atoms with Crippen LogP contribution in [-0.2, 0) is 4.79 Å². The van der Waals surface area contributed by atoms with E-state index in [2.05, 4.69) is 26.0 Å². The van der Waals surface area contributed by atoms with E-state index in [0.717, 1.165) is 34.0 Å². The molecule has 0 bridgehead atoms. The monoisotopic (exact) mass is 297 g/mol. The molecule has 1 amide bonds. The molecule has 0 unspecified atom stereocenters. The Balaban J connectivity index is 2.12. The molecule has 0 spiro atoms. The number of hydrogen-bond donors (Lipinski definition) is 0. The summed E-state index contributed by atoms with van der Waals surface area (Å²) < 4.78 is 0. The van der Waals surface area contributed by atoms with Crippen LogP contribution >= 0.6 is 11.8 Å². The molecule has 21 heavy (non-hydrogen) atoms. The number of anilines is 2. The topological polar surface area (TPSA) is 20.3 Å². The molecule has 3 rings (SSSR count). The lowest BCUT2D eigenvalue weighted by molar-refractivity contribution is -0.121. The van der Waals surface area contributed by atoms with Crippen LogP contribution in [-0.4, -0.2) is 5.91 Å². The number of fused-ring (bicyclic) bond motifs is 2. The van der Waals surface area contributed by atoms with Gasteiger partial charge in [0.25, 0.3) is 0 Å². The first-order valence-electron chi connectivity index (χ1n) is 7.46. The standard InChI is InChI=1S/C18H19NOS/c1-3-13(4-2)18(20)19-14-9-5-7-11-16(14)21-17-12-8-6-10-15(17)19/h5-13H,3-4H2,1-2H3. The number of carbonyl (C=O) groups excluding carboxylic acids is 1. The Morgan fingerprint density at radius 2 is 1.43 bits per heavy atom. The summed E-state index contributed by atoms with van der Waals surface area (Å²) >= 11 is 1.74. The highest BCUT2D eigenvalue weighted by molar-refractivity contribution is 7.99. The Hall–Kier alpha value is -1.74. The molecule has 0 saturated heterocycles. The Kier molecular flexibility index (Phi) is 4.02. The molecule has 0 N–H and O–H groups in total. The quantitative estimate of drug-likeness (QED) is 0.771. The van der Waals surface area contributed by atoms with E-state index in [1.807, 2.05) is 41.3 Å². The smallest absolute Gasteiger partial charge is 0.234 e. The molecule has 0 atom stereocenters. The SMILES string of the molecule is CCC(CC)C(=O)N1c2ccccc2Sc2ccccc21. The van der Waals surface area contributed by atoms with Crippen LogP contribution in [0.4, 0.5) is 11.4 Å². The van der Waals surface area contributed by atoms with Crippen molar-refractivity contribution in [2.75, 3.05) is 4.90 Å². The summed E-state index contributed by atoms with van der Waals surface area (Å²) in [6.45, 7) is 4.17. The van der Waals surface area contributed by atoms with Gasteiger partial charge in [-0.3, -0.25) is 9.69 Å². The molecule has 3 heteroatoms. The fourth-order valence-corrected chi connectivity index (χ4v) is 3.82. The molecule has 0 fully saturated rings. The fraction of sp³-hybridized carbons (Fsp3) is 0.278. The molecule has 0 aliphatic carbocycles. The molecule has 0 saturated carbocycles. The van der Waals surface area contributed by atoms with E-state index in [4.69, 9.17) is 0 Å². The number of para-hydroxylation sites is 2. The first-order valence-corrected chi connectivity index (χ1v) is 8.27. The Morgan fingerprint density at radius 3 is 1.90 bits per heavy atom. The number of benzene rings is 2. The van der Waals surface area contributed by atoms with Gasteiger partial charge in [0.05, 0.1) is 11.4 Å². The van der Waals surface area contributed by atoms with Gasteiger partial charge >= 0.3 is 0 Å². The predicted molar refractivity (Wildman–Crippen MR) is 88.2 cm³/mol. The average Bonchev–Trinajstić information content (AvgIpc) is 2.53. The zero-order valence-corrected chi connectivity index (χ0v) is 13.2. The van der Waals surface area contributed by atoms with Gasteiger partial charge in [0.2, 0.25) is 5.91 Å². The Morgan fingerprint density at radius 1 is 0.952 bits per heavy atom. The Labute approximate surface area is 130 Å². The van der Waals surface area contributed by atoms with E-state index in [0.29, 0.717) is 0 Å². The van der Waals surface area contributed by atoms with Gasteiger partial charge in [-0.25, -0.2) is 0 Å². The molecule has 2 aromatic carbocycles. The molecule has 1 aliphatic rings. The van der Waals surface area contributed by atoms with E-state index in [-0.39, 0.29) is 11.8 Å². The van der Waals surface area contributed by atoms with Crippen LogP contribution in [0.25, 0.3) is 0 Å². The van der Waals surface area contributed by atoms with Crippen molar-refractivity contribution in [1.82, 2.24) is 0 Å². The minimum absolute atomic E-state index is 0.0780. The number of hydrogen-bond acceptors (Lipinski definition) is 2. The molecule has 2 nitrogen and oxygen atoms in total. The van der Waals surface area contributed by atoms with Crippen LogP contribution in [0.1, 0.15) is 26.7 Å². The van der Waals surface area contributed by atoms with Gasteiger partial charge in [0.1, 0.15) is 0 Å². The summed E-state index contributed by atoms with van der Waals surface area (Å²) in [5.74, 6) is 0.286. The summed E-state index contributed by atoms with van der Waals surface area (Å²) in [5, 5.41) is 0. The third kappa shape index (κ3) is 2.46. The minimum atomic E-state index is 0.0780. The van der Waals surface area contributed by atoms with Crippen molar-refractivity contribution < 1.29 is 4.79 Å². The lowest BCUT2D eigenvalue weighted by Gasteiger charge is -2.33. The van der Waals surface area contributed by atoms with Gasteiger partial charge < -0.3 is 0 Å². The first-order chi connectivity index (χ1) is 10.3. The molecule has 0 radical (unpaired) electrons. The largest absolute Gasteiger partial charge is 0.279 e. The predicted octanol–water partition coefficient (Wildman–Crippen LogP) is 5.25. The lowest BCUT2D eigenvalue weighted by atomic mass is 10.0. The first kappa shape index (κ1) is 14.2. The highest BCUT2D eigenvalue weighted by Gasteiger charge is 2.30. The van der Waals surface area contributed by atoms with Crippen LogP contribution < -0.4 is 4.90 Å². The van der Waals surface area contributed by atoms with Gasteiger partial charge in [-0.2, -0.15) is 0 Å². The summed E-state index contributed by atoms with van der Waals surface area (Å²) in [5.41, 5.74) is 2.02. The Bertz CT molecular complexity index is 618. The molecule has 1 aliphatic heterocycles. The summed E-state index contributed by atoms with van der Waals surface area (Å²) in [7, 11) is 0. The van der Waals surface area contributed by atoms with Crippen LogP contribution in [0.3, 0.4) is 0 Å². The molecule has 2 aromatic rings. The number of rotatable bonds is 3. The van der Waals surface area contributed by atoms with Gasteiger partial charge in [0, 0.05) is 15.7 Å². The van der Waals surface area contributed by atoms with Crippen LogP contribution in [0, 0.1) is 5.92 Å². The van der Waals surface area contributed by atoms with Gasteiger partial charge in [0.15, 0.2) is 0 Å². The number of amides is 1. The van der Waals surface area contributed by atoms with Gasteiger partial charge in [-0.1, -0.05) is 49.9 Å². The van der Waals surface area contributed by atoms with E-state index in [1.54, 1.807) is 11.8 Å². The van der Waals surface area contributed by atoms with Crippen LogP contribution in [0.5, 0.6) is 0 Å².